The van der Waals surface area contributed by atoms with Crippen LogP contribution >= 0.6 is 22.9 Å². The van der Waals surface area contributed by atoms with Crippen LogP contribution in [0.4, 0.5) is 22.6 Å². The summed E-state index contributed by atoms with van der Waals surface area (Å²) in [6, 6.07) is 7.84. The van der Waals surface area contributed by atoms with Gasteiger partial charge in [0.1, 0.15) is 16.6 Å². The molecule has 0 atom stereocenters. The molecule has 1 N–H and O–H groups in total. The maximum absolute atomic E-state index is 14.2. The van der Waals surface area contributed by atoms with Gasteiger partial charge in [-0.05, 0) is 43.3 Å². The van der Waals surface area contributed by atoms with Crippen LogP contribution in [0.3, 0.4) is 0 Å². The molecule has 4 rings (SSSR count). The Hall–Kier alpha value is -3.97. The summed E-state index contributed by atoms with van der Waals surface area (Å²) < 4.78 is 61.3. The number of esters is 1. The molecule has 1 amide bonds. The Morgan fingerprint density at radius 3 is 2.49 bits per heavy atom. The lowest BCUT2D eigenvalue weighted by molar-refractivity contribution is -0.274. The number of hydrogen-bond donors (Lipinski definition) is 1. The Morgan fingerprint density at radius 1 is 1.16 bits per heavy atom. The predicted octanol–water partition coefficient (Wildman–Crippen LogP) is 5.57. The summed E-state index contributed by atoms with van der Waals surface area (Å²) in [5.41, 5.74) is -1.56. The fourth-order valence-corrected chi connectivity index (χ4v) is 4.52. The first-order valence-corrected chi connectivity index (χ1v) is 11.6. The first-order chi connectivity index (χ1) is 17.5. The van der Waals surface area contributed by atoms with E-state index >= 15 is 0 Å². The second-order valence-corrected chi connectivity index (χ2v) is 8.52. The number of nitrogens with one attached hydrogen (secondary N) is 1. The van der Waals surface area contributed by atoms with Crippen molar-refractivity contribution in [3.05, 3.63) is 80.3 Å². The molecular formula is C23H14ClF4N3O5S. The van der Waals surface area contributed by atoms with Crippen LogP contribution in [0.1, 0.15) is 27.8 Å². The third kappa shape index (κ3) is 5.42. The highest BCUT2D eigenvalue weighted by Gasteiger charge is 2.31. The summed E-state index contributed by atoms with van der Waals surface area (Å²) in [4.78, 5) is 38.8. The van der Waals surface area contributed by atoms with Crippen LogP contribution in [0, 0.1) is 5.82 Å². The number of nitrogens with zero attached hydrogens (tertiary/aromatic N) is 2. The third-order valence-electron chi connectivity index (χ3n) is 4.85. The van der Waals surface area contributed by atoms with Gasteiger partial charge in [-0.15, -0.1) is 24.5 Å². The van der Waals surface area contributed by atoms with Gasteiger partial charge in [-0.3, -0.25) is 9.59 Å². The van der Waals surface area contributed by atoms with Crippen molar-refractivity contribution >= 4 is 50.6 Å². The van der Waals surface area contributed by atoms with Crippen molar-refractivity contribution in [2.75, 3.05) is 11.9 Å². The van der Waals surface area contributed by atoms with Gasteiger partial charge in [0.25, 0.3) is 11.5 Å². The zero-order chi connectivity index (χ0) is 26.9. The molecule has 0 unspecified atom stereocenters. The van der Waals surface area contributed by atoms with E-state index in [4.69, 9.17) is 16.3 Å². The molecule has 2 aromatic carbocycles. The number of alkyl halides is 3. The number of thiophene rings is 1. The fourth-order valence-electron chi connectivity index (χ4n) is 3.34. The normalized spacial score (nSPS) is 11.4. The number of anilines is 1. The van der Waals surface area contributed by atoms with E-state index in [2.05, 4.69) is 15.2 Å². The number of fused-ring (bicyclic) bond motifs is 1. The summed E-state index contributed by atoms with van der Waals surface area (Å²) in [7, 11) is 0. The Morgan fingerprint density at radius 2 is 1.86 bits per heavy atom. The van der Waals surface area contributed by atoms with Crippen molar-refractivity contribution in [2.24, 2.45) is 0 Å². The lowest BCUT2D eigenvalue weighted by Crippen LogP contribution is -2.25. The molecule has 0 saturated carbocycles. The van der Waals surface area contributed by atoms with Crippen molar-refractivity contribution < 1.29 is 36.6 Å². The minimum absolute atomic E-state index is 0.00685. The monoisotopic (exact) mass is 555 g/mol. The van der Waals surface area contributed by atoms with Crippen LogP contribution in [-0.4, -0.2) is 34.6 Å². The smallest absolute Gasteiger partial charge is 0.461 e. The van der Waals surface area contributed by atoms with Crippen LogP contribution in [-0.2, 0) is 4.74 Å². The molecule has 0 aliphatic carbocycles. The molecule has 37 heavy (non-hydrogen) atoms. The molecule has 0 saturated heterocycles. The number of aromatic nitrogens is 2. The quantitative estimate of drug-likeness (QED) is 0.247. The highest BCUT2D eigenvalue weighted by Crippen LogP contribution is 2.32. The van der Waals surface area contributed by atoms with E-state index in [0.29, 0.717) is 0 Å². The van der Waals surface area contributed by atoms with Crippen molar-refractivity contribution in [2.45, 2.75) is 13.3 Å². The van der Waals surface area contributed by atoms with E-state index in [1.54, 1.807) is 6.92 Å². The summed E-state index contributed by atoms with van der Waals surface area (Å²) in [6.07, 6.45) is -4.92. The van der Waals surface area contributed by atoms with Crippen LogP contribution in [0.2, 0.25) is 5.02 Å². The second-order valence-electron chi connectivity index (χ2n) is 7.23. The minimum Gasteiger partial charge on any atom is -0.461 e. The van der Waals surface area contributed by atoms with Gasteiger partial charge in [-0.25, -0.2) is 9.18 Å². The largest absolute Gasteiger partial charge is 0.573 e. The number of carbonyl (C=O) groups is 2. The Labute approximate surface area is 214 Å². The SMILES string of the molecule is CCOC(=O)c1nn(-c2ccc(OC(F)(F)F)cc2)c(=O)c2c(NC(=O)c3c(F)cccc3Cl)scc12. The molecule has 192 valence electrons. The number of ether oxygens (including phenoxy) is 2. The average molecular weight is 556 g/mol. The number of rotatable bonds is 6. The molecule has 0 aliphatic heterocycles. The van der Waals surface area contributed by atoms with Crippen LogP contribution in [0.15, 0.2) is 52.6 Å². The maximum Gasteiger partial charge on any atom is 0.573 e. The highest BCUT2D eigenvalue weighted by atomic mass is 35.5. The Kier molecular flexibility index (Phi) is 7.18. The fraction of sp³-hybridized carbons (Fsp3) is 0.130. The topological polar surface area (TPSA) is 99.5 Å². The van der Waals surface area contributed by atoms with Gasteiger partial charge >= 0.3 is 12.3 Å². The van der Waals surface area contributed by atoms with Crippen molar-refractivity contribution in [3.63, 3.8) is 0 Å². The lowest BCUT2D eigenvalue weighted by atomic mass is 10.2. The molecule has 2 heterocycles. The van der Waals surface area contributed by atoms with Gasteiger partial charge < -0.3 is 14.8 Å². The van der Waals surface area contributed by atoms with Crippen molar-refractivity contribution in [1.29, 1.82) is 0 Å². The van der Waals surface area contributed by atoms with Gasteiger partial charge in [0.15, 0.2) is 5.69 Å². The van der Waals surface area contributed by atoms with E-state index in [1.165, 1.54) is 17.5 Å². The number of halogens is 5. The molecule has 0 bridgehead atoms. The zero-order valence-electron chi connectivity index (χ0n) is 18.6. The zero-order valence-corrected chi connectivity index (χ0v) is 20.1. The first-order valence-electron chi connectivity index (χ1n) is 10.3. The first kappa shape index (κ1) is 26.1. The summed E-state index contributed by atoms with van der Waals surface area (Å²) in [5.74, 6) is -3.26. The van der Waals surface area contributed by atoms with E-state index in [1.807, 2.05) is 0 Å². The molecule has 8 nitrogen and oxygen atoms in total. The van der Waals surface area contributed by atoms with E-state index in [0.717, 1.165) is 46.4 Å². The number of amides is 1. The van der Waals surface area contributed by atoms with Gasteiger partial charge in [0.05, 0.1) is 28.3 Å². The number of benzene rings is 2. The molecule has 0 fully saturated rings. The van der Waals surface area contributed by atoms with E-state index < -0.39 is 40.9 Å². The second kappa shape index (κ2) is 10.2. The summed E-state index contributed by atoms with van der Waals surface area (Å²) >= 11 is 6.83. The molecular weight excluding hydrogens is 542 g/mol. The van der Waals surface area contributed by atoms with Crippen LogP contribution in [0.25, 0.3) is 16.5 Å². The van der Waals surface area contributed by atoms with Gasteiger partial charge in [0, 0.05) is 10.8 Å². The average Bonchev–Trinajstić information content (AvgIpc) is 3.23. The molecule has 0 aliphatic rings. The van der Waals surface area contributed by atoms with Gasteiger partial charge in [-0.1, -0.05) is 17.7 Å². The standard InChI is InChI=1S/C23H14ClF4N3O5S/c1-2-35-22(34)18-13-10-37-20(29-19(32)17-14(24)4-3-5-15(17)25)16(13)21(33)31(30-18)11-6-8-12(9-7-11)36-23(26,27)28/h3-10H,2H2,1H3,(H,29,32). The highest BCUT2D eigenvalue weighted by molar-refractivity contribution is 7.16. The lowest BCUT2D eigenvalue weighted by Gasteiger charge is -2.12. The van der Waals surface area contributed by atoms with E-state index in [-0.39, 0.29) is 38.8 Å². The molecule has 0 spiro atoms. The van der Waals surface area contributed by atoms with Crippen molar-refractivity contribution in [3.8, 4) is 11.4 Å². The number of carbonyl (C=O) groups excluding carboxylic acids is 2. The Balaban J connectivity index is 1.84. The van der Waals surface area contributed by atoms with E-state index in [9.17, 15) is 31.9 Å². The Bertz CT molecular complexity index is 1550. The number of hydrogen-bond acceptors (Lipinski definition) is 7. The van der Waals surface area contributed by atoms with Gasteiger partial charge in [-0.2, -0.15) is 9.78 Å². The third-order valence-corrected chi connectivity index (χ3v) is 6.06. The molecule has 4 aromatic rings. The molecule has 2 aromatic heterocycles. The van der Waals surface area contributed by atoms with Crippen molar-refractivity contribution in [1.82, 2.24) is 9.78 Å². The van der Waals surface area contributed by atoms with Crippen LogP contribution < -0.4 is 15.6 Å². The maximum atomic E-state index is 14.2. The van der Waals surface area contributed by atoms with Crippen LogP contribution in [0.5, 0.6) is 5.75 Å². The summed E-state index contributed by atoms with van der Waals surface area (Å²) in [6.45, 7) is 1.55. The van der Waals surface area contributed by atoms with Gasteiger partial charge in [0.2, 0.25) is 0 Å². The minimum atomic E-state index is -4.92. The predicted molar refractivity (Wildman–Crippen MR) is 127 cm³/mol. The molecule has 14 heteroatoms. The summed E-state index contributed by atoms with van der Waals surface area (Å²) in [5, 5.41) is 7.57. The molecule has 0 radical (unpaired) electrons.